The second-order valence-corrected chi connectivity index (χ2v) is 9.94. The van der Waals surface area contributed by atoms with E-state index < -0.39 is 6.35 Å². The molecule has 0 bridgehead atoms. The molecule has 0 spiro atoms. The maximum Gasteiger partial charge on any atom is 0.184 e. The highest BCUT2D eigenvalue weighted by Gasteiger charge is 2.29. The van der Waals surface area contributed by atoms with Crippen molar-refractivity contribution in [1.29, 1.82) is 5.26 Å². The molecule has 0 saturated carbocycles. The number of pyridine rings is 1. The summed E-state index contributed by atoms with van der Waals surface area (Å²) in [5.41, 5.74) is 3.21. The predicted molar refractivity (Wildman–Crippen MR) is 149 cm³/mol. The number of anilines is 2. The lowest BCUT2D eigenvalue weighted by molar-refractivity contribution is 0.0939. The van der Waals surface area contributed by atoms with Gasteiger partial charge in [-0.2, -0.15) is 5.26 Å². The first-order valence-electron chi connectivity index (χ1n) is 13.1. The van der Waals surface area contributed by atoms with Gasteiger partial charge in [0.15, 0.2) is 12.1 Å². The highest BCUT2D eigenvalue weighted by atomic mass is 16.3. The van der Waals surface area contributed by atoms with Gasteiger partial charge in [0.05, 0.1) is 12.2 Å². The van der Waals surface area contributed by atoms with E-state index in [0.29, 0.717) is 24.3 Å². The van der Waals surface area contributed by atoms with Crippen LogP contribution in [-0.4, -0.2) is 52.9 Å². The Morgan fingerprint density at radius 1 is 1.11 bits per heavy atom. The SMILES string of the molecule is CC(C)C(=O)c1ccc(N(C2CCN(CNc3ccc(C#N)cn3)CC2)C(O)NCc2ccccc2)cc1. The monoisotopic (exact) mass is 512 g/mol. The summed E-state index contributed by atoms with van der Waals surface area (Å²) in [5.74, 6) is 0.792. The summed E-state index contributed by atoms with van der Waals surface area (Å²) in [7, 11) is 0. The van der Waals surface area contributed by atoms with Gasteiger partial charge in [-0.15, -0.1) is 0 Å². The van der Waals surface area contributed by atoms with E-state index in [2.05, 4.69) is 26.6 Å². The molecule has 8 heteroatoms. The molecule has 8 nitrogen and oxygen atoms in total. The van der Waals surface area contributed by atoms with Crippen LogP contribution in [0.2, 0.25) is 0 Å². The van der Waals surface area contributed by atoms with E-state index in [1.165, 1.54) is 0 Å². The van der Waals surface area contributed by atoms with Gasteiger partial charge in [0.25, 0.3) is 0 Å². The highest BCUT2D eigenvalue weighted by Crippen LogP contribution is 2.26. The molecule has 1 atom stereocenters. The van der Waals surface area contributed by atoms with Gasteiger partial charge in [0.2, 0.25) is 0 Å². The number of likely N-dealkylation sites (tertiary alicyclic amines) is 1. The average molecular weight is 513 g/mol. The normalized spacial score (nSPS) is 15.1. The third kappa shape index (κ3) is 7.17. The third-order valence-electron chi connectivity index (χ3n) is 6.90. The molecular weight excluding hydrogens is 476 g/mol. The Morgan fingerprint density at radius 2 is 1.82 bits per heavy atom. The lowest BCUT2D eigenvalue weighted by Gasteiger charge is -2.42. The molecule has 0 amide bonds. The van der Waals surface area contributed by atoms with Crippen LogP contribution in [0.4, 0.5) is 11.5 Å². The molecule has 1 aliphatic rings. The molecule has 3 N–H and O–H groups in total. The topological polar surface area (TPSA) is 105 Å². The van der Waals surface area contributed by atoms with Gasteiger partial charge in [-0.25, -0.2) is 4.98 Å². The molecule has 4 rings (SSSR count). The zero-order valence-corrected chi connectivity index (χ0v) is 22.0. The van der Waals surface area contributed by atoms with Gasteiger partial charge in [0.1, 0.15) is 11.9 Å². The number of rotatable bonds is 11. The number of nitrogens with zero attached hydrogens (tertiary/aromatic N) is 4. The van der Waals surface area contributed by atoms with E-state index in [0.717, 1.165) is 43.0 Å². The van der Waals surface area contributed by atoms with Crippen molar-refractivity contribution in [3.63, 3.8) is 0 Å². The molecular formula is C30H36N6O2. The molecule has 1 saturated heterocycles. The van der Waals surface area contributed by atoms with Crippen molar-refractivity contribution in [2.75, 3.05) is 30.0 Å². The fraction of sp³-hybridized carbons (Fsp3) is 0.367. The maximum absolute atomic E-state index is 12.4. The summed E-state index contributed by atoms with van der Waals surface area (Å²) in [6.07, 6.45) is 2.44. The van der Waals surface area contributed by atoms with Crippen molar-refractivity contribution < 1.29 is 9.90 Å². The van der Waals surface area contributed by atoms with Crippen molar-refractivity contribution in [3.05, 3.63) is 89.6 Å². The summed E-state index contributed by atoms with van der Waals surface area (Å²) < 4.78 is 0. The van der Waals surface area contributed by atoms with Crippen molar-refractivity contribution in [2.24, 2.45) is 5.92 Å². The van der Waals surface area contributed by atoms with Crippen LogP contribution < -0.4 is 15.5 Å². The number of aromatic nitrogens is 1. The largest absolute Gasteiger partial charge is 0.361 e. The number of aliphatic hydroxyl groups is 1. The summed E-state index contributed by atoms with van der Waals surface area (Å²) in [4.78, 5) is 21.1. The molecule has 3 aromatic rings. The Balaban J connectivity index is 1.41. The van der Waals surface area contributed by atoms with Gasteiger partial charge >= 0.3 is 0 Å². The van der Waals surface area contributed by atoms with Crippen LogP contribution in [-0.2, 0) is 6.54 Å². The van der Waals surface area contributed by atoms with Gasteiger partial charge in [0, 0.05) is 49.0 Å². The van der Waals surface area contributed by atoms with Crippen molar-refractivity contribution in [2.45, 2.75) is 45.6 Å². The quantitative estimate of drug-likeness (QED) is 0.259. The van der Waals surface area contributed by atoms with Gasteiger partial charge in [-0.3, -0.25) is 15.0 Å². The standard InChI is InChI=1S/C30H36N6O2/c1-22(2)29(37)25-9-11-26(12-10-25)36(30(38)33-19-23-6-4-3-5-7-23)27-14-16-35(17-15-27)21-34-28-13-8-24(18-31)20-32-28/h3-13,20,22,27,30,33,38H,14-17,19,21H2,1-2H3,(H,32,34). The Kier molecular flexibility index (Phi) is 9.44. The molecule has 2 heterocycles. The molecule has 2 aromatic carbocycles. The Labute approximate surface area is 224 Å². The zero-order chi connectivity index (χ0) is 26.9. The third-order valence-corrected chi connectivity index (χ3v) is 6.90. The first-order valence-corrected chi connectivity index (χ1v) is 13.1. The van der Waals surface area contributed by atoms with E-state index >= 15 is 0 Å². The Bertz CT molecular complexity index is 1200. The summed E-state index contributed by atoms with van der Waals surface area (Å²) in [5, 5.41) is 26.8. The molecule has 0 radical (unpaired) electrons. The van der Waals surface area contributed by atoms with Gasteiger partial charge in [-0.05, 0) is 54.8 Å². The number of hydrogen-bond donors (Lipinski definition) is 3. The second-order valence-electron chi connectivity index (χ2n) is 9.94. The molecule has 1 fully saturated rings. The van der Waals surface area contributed by atoms with E-state index in [-0.39, 0.29) is 17.7 Å². The molecule has 38 heavy (non-hydrogen) atoms. The fourth-order valence-electron chi connectivity index (χ4n) is 4.70. The van der Waals surface area contributed by atoms with E-state index in [9.17, 15) is 9.90 Å². The molecule has 0 aliphatic carbocycles. The maximum atomic E-state index is 12.4. The number of ketones is 1. The van der Waals surface area contributed by atoms with E-state index in [1.54, 1.807) is 12.3 Å². The summed E-state index contributed by atoms with van der Waals surface area (Å²) in [6, 6.07) is 23.4. The van der Waals surface area contributed by atoms with Crippen LogP contribution in [0.15, 0.2) is 72.9 Å². The van der Waals surface area contributed by atoms with Crippen molar-refractivity contribution in [3.8, 4) is 6.07 Å². The van der Waals surface area contributed by atoms with Crippen LogP contribution in [0.25, 0.3) is 0 Å². The smallest absolute Gasteiger partial charge is 0.184 e. The minimum atomic E-state index is -0.876. The van der Waals surface area contributed by atoms with E-state index in [1.807, 2.05) is 79.4 Å². The Hall–Kier alpha value is -3.77. The number of hydrogen-bond acceptors (Lipinski definition) is 8. The van der Waals surface area contributed by atoms with Crippen LogP contribution in [0, 0.1) is 17.2 Å². The number of benzene rings is 2. The van der Waals surface area contributed by atoms with Gasteiger partial charge in [-0.1, -0.05) is 44.2 Å². The number of piperidine rings is 1. The molecule has 1 unspecified atom stereocenters. The first kappa shape index (κ1) is 27.3. The number of Topliss-reactive ketones (excluding diaryl/α,β-unsaturated/α-hetero) is 1. The number of carbonyl (C=O) groups is 1. The van der Waals surface area contributed by atoms with E-state index in [4.69, 9.17) is 5.26 Å². The average Bonchev–Trinajstić information content (AvgIpc) is 2.96. The second kappa shape index (κ2) is 13.2. The number of carbonyl (C=O) groups excluding carboxylic acids is 1. The summed E-state index contributed by atoms with van der Waals surface area (Å²) >= 11 is 0. The minimum absolute atomic E-state index is 0.0625. The van der Waals surface area contributed by atoms with Crippen LogP contribution in [0.5, 0.6) is 0 Å². The molecule has 198 valence electrons. The first-order chi connectivity index (χ1) is 18.4. The number of nitrogens with one attached hydrogen (secondary N) is 2. The number of aliphatic hydroxyl groups excluding tert-OH is 1. The van der Waals surface area contributed by atoms with Crippen LogP contribution in [0.1, 0.15) is 48.2 Å². The summed E-state index contributed by atoms with van der Waals surface area (Å²) in [6.45, 7) is 6.73. The molecule has 1 aromatic heterocycles. The Morgan fingerprint density at radius 3 is 2.42 bits per heavy atom. The minimum Gasteiger partial charge on any atom is -0.361 e. The predicted octanol–water partition coefficient (Wildman–Crippen LogP) is 4.20. The van der Waals surface area contributed by atoms with Gasteiger partial charge < -0.3 is 15.3 Å². The lowest BCUT2D eigenvalue weighted by atomic mass is 9.99. The highest BCUT2D eigenvalue weighted by molar-refractivity contribution is 5.97. The molecule has 1 aliphatic heterocycles. The van der Waals surface area contributed by atoms with Crippen molar-refractivity contribution >= 4 is 17.3 Å². The van der Waals surface area contributed by atoms with Crippen LogP contribution in [0.3, 0.4) is 0 Å². The number of nitriles is 1. The van der Waals surface area contributed by atoms with Crippen LogP contribution >= 0.6 is 0 Å². The fourth-order valence-corrected chi connectivity index (χ4v) is 4.70. The zero-order valence-electron chi connectivity index (χ0n) is 22.0. The van der Waals surface area contributed by atoms with Crippen molar-refractivity contribution in [1.82, 2.24) is 15.2 Å². The lowest BCUT2D eigenvalue weighted by Crippen LogP contribution is -2.54.